The van der Waals surface area contributed by atoms with Gasteiger partial charge in [0, 0.05) is 11.4 Å². The number of aryl methyl sites for hydroxylation is 1. The molecule has 0 spiro atoms. The van der Waals surface area contributed by atoms with Crippen molar-refractivity contribution in [1.82, 2.24) is 10.6 Å². The van der Waals surface area contributed by atoms with E-state index in [9.17, 15) is 9.18 Å². The Morgan fingerprint density at radius 2 is 2.12 bits per heavy atom. The first kappa shape index (κ1) is 18.9. The number of benzene rings is 1. The second-order valence-corrected chi connectivity index (χ2v) is 7.25. The fraction of sp³-hybridized carbons (Fsp3) is 0.389. The number of thiophene rings is 1. The van der Waals surface area contributed by atoms with Gasteiger partial charge in [-0.2, -0.15) is 0 Å². The highest BCUT2D eigenvalue weighted by molar-refractivity contribution is 7.14. The highest BCUT2D eigenvalue weighted by Gasteiger charge is 2.16. The van der Waals surface area contributed by atoms with E-state index in [0.29, 0.717) is 17.3 Å². The fourth-order valence-electron chi connectivity index (χ4n) is 2.95. The van der Waals surface area contributed by atoms with E-state index in [1.165, 1.54) is 29.9 Å². The summed E-state index contributed by atoms with van der Waals surface area (Å²) >= 11 is 1.49. The molecule has 24 heavy (non-hydrogen) atoms. The van der Waals surface area contributed by atoms with Crippen LogP contribution in [0.15, 0.2) is 30.3 Å². The molecule has 1 aliphatic heterocycles. The van der Waals surface area contributed by atoms with E-state index >= 15 is 0 Å². The van der Waals surface area contributed by atoms with Gasteiger partial charge in [-0.3, -0.25) is 4.79 Å². The van der Waals surface area contributed by atoms with Gasteiger partial charge in [0.05, 0.1) is 4.88 Å². The molecule has 1 aliphatic rings. The number of halogens is 2. The van der Waals surface area contributed by atoms with Gasteiger partial charge in [0.15, 0.2) is 0 Å². The number of hydrogen-bond donors (Lipinski definition) is 2. The van der Waals surface area contributed by atoms with Crippen molar-refractivity contribution in [2.24, 2.45) is 5.92 Å². The summed E-state index contributed by atoms with van der Waals surface area (Å²) in [7, 11) is 0. The SMILES string of the molecule is Cc1sc(C(=O)NCCC2CCNC2)cc1-c1ccc(F)cc1.Cl. The topological polar surface area (TPSA) is 41.1 Å². The third kappa shape index (κ3) is 4.56. The van der Waals surface area contributed by atoms with Gasteiger partial charge in [-0.15, -0.1) is 23.7 Å². The van der Waals surface area contributed by atoms with Crippen LogP contribution in [-0.2, 0) is 0 Å². The molecule has 1 unspecified atom stereocenters. The molecule has 1 amide bonds. The Kier molecular flexibility index (Phi) is 6.78. The van der Waals surface area contributed by atoms with Crippen molar-refractivity contribution < 1.29 is 9.18 Å². The zero-order valence-corrected chi connectivity index (χ0v) is 15.2. The second kappa shape index (κ2) is 8.60. The van der Waals surface area contributed by atoms with Crippen LogP contribution in [0.4, 0.5) is 4.39 Å². The molecule has 3 rings (SSSR count). The first-order chi connectivity index (χ1) is 11.1. The van der Waals surface area contributed by atoms with Crippen LogP contribution < -0.4 is 10.6 Å². The number of carbonyl (C=O) groups excluding carboxylic acids is 1. The van der Waals surface area contributed by atoms with E-state index in [2.05, 4.69) is 10.6 Å². The summed E-state index contributed by atoms with van der Waals surface area (Å²) in [6.45, 7) is 4.85. The zero-order chi connectivity index (χ0) is 16.2. The van der Waals surface area contributed by atoms with Gasteiger partial charge in [-0.1, -0.05) is 12.1 Å². The van der Waals surface area contributed by atoms with Crippen molar-refractivity contribution in [2.45, 2.75) is 19.8 Å². The van der Waals surface area contributed by atoms with Crippen LogP contribution >= 0.6 is 23.7 Å². The summed E-state index contributed by atoms with van der Waals surface area (Å²) in [5.74, 6) is 0.411. The van der Waals surface area contributed by atoms with Crippen LogP contribution in [0.3, 0.4) is 0 Å². The quantitative estimate of drug-likeness (QED) is 0.837. The molecule has 1 saturated heterocycles. The summed E-state index contributed by atoms with van der Waals surface area (Å²) < 4.78 is 13.0. The average molecular weight is 369 g/mol. The normalized spacial score (nSPS) is 16.7. The van der Waals surface area contributed by atoms with Gasteiger partial charge in [0.1, 0.15) is 5.82 Å². The molecule has 1 fully saturated rings. The van der Waals surface area contributed by atoms with Crippen LogP contribution in [0.5, 0.6) is 0 Å². The molecule has 6 heteroatoms. The van der Waals surface area contributed by atoms with Crippen molar-refractivity contribution in [3.63, 3.8) is 0 Å². The van der Waals surface area contributed by atoms with E-state index in [0.717, 1.165) is 35.5 Å². The monoisotopic (exact) mass is 368 g/mol. The Morgan fingerprint density at radius 3 is 2.79 bits per heavy atom. The first-order valence-electron chi connectivity index (χ1n) is 7.99. The minimum atomic E-state index is -0.249. The van der Waals surface area contributed by atoms with Crippen molar-refractivity contribution in [1.29, 1.82) is 0 Å². The average Bonchev–Trinajstić information content (AvgIpc) is 3.18. The van der Waals surface area contributed by atoms with Crippen molar-refractivity contribution in [3.05, 3.63) is 45.9 Å². The number of amides is 1. The molecule has 1 atom stereocenters. The van der Waals surface area contributed by atoms with E-state index in [1.54, 1.807) is 12.1 Å². The lowest BCUT2D eigenvalue weighted by molar-refractivity contribution is 0.0955. The highest BCUT2D eigenvalue weighted by atomic mass is 35.5. The molecule has 0 radical (unpaired) electrons. The van der Waals surface area contributed by atoms with Gasteiger partial charge in [0.2, 0.25) is 0 Å². The van der Waals surface area contributed by atoms with Crippen LogP contribution in [0.2, 0.25) is 0 Å². The molecule has 2 aromatic rings. The van der Waals surface area contributed by atoms with E-state index in [4.69, 9.17) is 0 Å². The van der Waals surface area contributed by atoms with Crippen molar-refractivity contribution in [2.75, 3.05) is 19.6 Å². The summed E-state index contributed by atoms with van der Waals surface area (Å²) in [5, 5.41) is 6.35. The van der Waals surface area contributed by atoms with Gasteiger partial charge >= 0.3 is 0 Å². The smallest absolute Gasteiger partial charge is 0.261 e. The number of carbonyl (C=O) groups is 1. The number of hydrogen-bond acceptors (Lipinski definition) is 3. The van der Waals surface area contributed by atoms with E-state index in [1.807, 2.05) is 13.0 Å². The Hall–Kier alpha value is -1.43. The summed E-state index contributed by atoms with van der Waals surface area (Å²) in [6.07, 6.45) is 2.22. The minimum absolute atomic E-state index is 0. The molecule has 1 aromatic heterocycles. The minimum Gasteiger partial charge on any atom is -0.351 e. The molecular weight excluding hydrogens is 347 g/mol. The predicted molar refractivity (Wildman–Crippen MR) is 99.6 cm³/mol. The fourth-order valence-corrected chi connectivity index (χ4v) is 3.91. The Labute approximate surface area is 152 Å². The first-order valence-corrected chi connectivity index (χ1v) is 8.80. The molecule has 3 nitrogen and oxygen atoms in total. The molecule has 1 aromatic carbocycles. The maximum Gasteiger partial charge on any atom is 0.261 e. The van der Waals surface area contributed by atoms with Crippen LogP contribution in [0, 0.1) is 18.7 Å². The van der Waals surface area contributed by atoms with Gasteiger partial charge < -0.3 is 10.6 Å². The Balaban J connectivity index is 0.00000208. The van der Waals surface area contributed by atoms with Gasteiger partial charge in [-0.25, -0.2) is 4.39 Å². The number of rotatable bonds is 5. The molecule has 2 heterocycles. The zero-order valence-electron chi connectivity index (χ0n) is 13.6. The van der Waals surface area contributed by atoms with Gasteiger partial charge in [-0.05, 0) is 68.1 Å². The lowest BCUT2D eigenvalue weighted by Gasteiger charge is -2.08. The third-order valence-electron chi connectivity index (χ3n) is 4.30. The number of nitrogens with one attached hydrogen (secondary N) is 2. The highest BCUT2D eigenvalue weighted by Crippen LogP contribution is 2.31. The molecule has 0 aliphatic carbocycles. The second-order valence-electron chi connectivity index (χ2n) is 5.99. The van der Waals surface area contributed by atoms with Crippen LogP contribution in [0.25, 0.3) is 11.1 Å². The molecule has 2 N–H and O–H groups in total. The standard InChI is InChI=1S/C18H21FN2OS.ClH/c1-12-16(14-2-4-15(19)5-3-14)10-17(23-12)18(22)21-9-7-13-6-8-20-11-13;/h2-5,10,13,20H,6-9,11H2,1H3,(H,21,22);1H. The van der Waals surface area contributed by atoms with Crippen molar-refractivity contribution in [3.8, 4) is 11.1 Å². The largest absolute Gasteiger partial charge is 0.351 e. The van der Waals surface area contributed by atoms with E-state index in [-0.39, 0.29) is 24.1 Å². The summed E-state index contributed by atoms with van der Waals surface area (Å²) in [4.78, 5) is 14.1. The summed E-state index contributed by atoms with van der Waals surface area (Å²) in [5.41, 5.74) is 1.94. The van der Waals surface area contributed by atoms with Crippen LogP contribution in [0.1, 0.15) is 27.4 Å². The van der Waals surface area contributed by atoms with E-state index < -0.39 is 0 Å². The molecule has 0 bridgehead atoms. The van der Waals surface area contributed by atoms with Gasteiger partial charge in [0.25, 0.3) is 5.91 Å². The Bertz CT molecular complexity index is 681. The van der Waals surface area contributed by atoms with Crippen molar-refractivity contribution >= 4 is 29.7 Å². The Morgan fingerprint density at radius 1 is 1.38 bits per heavy atom. The maximum absolute atomic E-state index is 13.0. The lowest BCUT2D eigenvalue weighted by atomic mass is 10.1. The third-order valence-corrected chi connectivity index (χ3v) is 5.35. The molecule has 130 valence electrons. The maximum atomic E-state index is 13.0. The van der Waals surface area contributed by atoms with Crippen LogP contribution in [-0.4, -0.2) is 25.5 Å². The molecular formula is C18H22ClFN2OS. The lowest BCUT2D eigenvalue weighted by Crippen LogP contribution is -2.25. The molecule has 0 saturated carbocycles. The summed E-state index contributed by atoms with van der Waals surface area (Å²) in [6, 6.07) is 8.29. The predicted octanol–water partition coefficient (Wildman–Crippen LogP) is 4.01.